The third-order valence-corrected chi connectivity index (χ3v) is 7.43. The Balaban J connectivity index is 0.000000275. The number of halogens is 1. The molecule has 0 atom stereocenters. The van der Waals surface area contributed by atoms with Crippen LogP contribution in [0.4, 0.5) is 0 Å². The van der Waals surface area contributed by atoms with Crippen LogP contribution in [0, 0.1) is 0 Å². The predicted octanol–water partition coefficient (Wildman–Crippen LogP) is 5.25. The van der Waals surface area contributed by atoms with E-state index in [-0.39, 0.29) is 0 Å². The zero-order valence-corrected chi connectivity index (χ0v) is 18.8. The lowest BCUT2D eigenvalue weighted by Crippen LogP contribution is -2.27. The summed E-state index contributed by atoms with van der Waals surface area (Å²) < 4.78 is 1.45. The van der Waals surface area contributed by atoms with Gasteiger partial charge in [0.1, 0.15) is 0 Å². The molecule has 158 valence electrons. The van der Waals surface area contributed by atoms with Crippen molar-refractivity contribution in [3.8, 4) is 0 Å². The largest absolute Gasteiger partial charge is 0.478 e. The second-order valence-corrected chi connectivity index (χ2v) is 9.60. The average molecular weight is 464 g/mol. The zero-order chi connectivity index (χ0) is 21.7. The number of thiophene rings is 1. The van der Waals surface area contributed by atoms with Gasteiger partial charge in [0, 0.05) is 41.6 Å². The maximum Gasteiger partial charge on any atom is 0.328 e. The van der Waals surface area contributed by atoms with Gasteiger partial charge < -0.3 is 15.1 Å². The first-order valence-electron chi connectivity index (χ1n) is 9.39. The van der Waals surface area contributed by atoms with E-state index in [1.807, 2.05) is 29.2 Å². The number of piperidine rings is 1. The van der Waals surface area contributed by atoms with Crippen molar-refractivity contribution in [2.45, 2.75) is 22.8 Å². The van der Waals surface area contributed by atoms with Gasteiger partial charge in [-0.05, 0) is 60.2 Å². The molecule has 8 heteroatoms. The molecule has 1 aromatic heterocycles. The van der Waals surface area contributed by atoms with Crippen LogP contribution in [0.3, 0.4) is 0 Å². The summed E-state index contributed by atoms with van der Waals surface area (Å²) in [5.41, 5.74) is 7.27. The number of aliphatic carboxylic acids is 2. The standard InChI is InChI=1S/C18H18ClNS2.C4H4O4/c1-20-7-4-12(5-8-20)17-15-6-9-21-18(15)22-11-13-2-3-14(19)10-16(13)17;5-3(6)1-2-4(7)8/h2-3,6,9-10H,4-5,7-8,11H2,1H3;1-2H,(H,5,6)(H,7,8)/b;2-1-. The van der Waals surface area contributed by atoms with Crippen LogP contribution in [0.15, 0.2) is 51.6 Å². The first-order valence-corrected chi connectivity index (χ1v) is 11.6. The molecule has 1 saturated heterocycles. The van der Waals surface area contributed by atoms with E-state index in [9.17, 15) is 9.59 Å². The molecule has 0 unspecified atom stereocenters. The second-order valence-electron chi connectivity index (χ2n) is 7.00. The number of carbonyl (C=O) groups is 2. The van der Waals surface area contributed by atoms with Crippen LogP contribution in [0.1, 0.15) is 29.5 Å². The summed E-state index contributed by atoms with van der Waals surface area (Å²) in [4.78, 5) is 21.5. The van der Waals surface area contributed by atoms with Crippen molar-refractivity contribution in [2.75, 3.05) is 20.1 Å². The van der Waals surface area contributed by atoms with Crippen molar-refractivity contribution >= 4 is 52.2 Å². The molecule has 2 aliphatic rings. The van der Waals surface area contributed by atoms with Crippen molar-refractivity contribution in [3.63, 3.8) is 0 Å². The lowest BCUT2D eigenvalue weighted by Gasteiger charge is -2.27. The Hall–Kier alpha value is -2.06. The predicted molar refractivity (Wildman–Crippen MR) is 122 cm³/mol. The molecule has 0 radical (unpaired) electrons. The highest BCUT2D eigenvalue weighted by Gasteiger charge is 2.24. The normalized spacial score (nSPS) is 16.3. The number of thioether (sulfide) groups is 1. The molecule has 1 aromatic carbocycles. The summed E-state index contributed by atoms with van der Waals surface area (Å²) in [6, 6.07) is 8.70. The van der Waals surface area contributed by atoms with Crippen LogP contribution in [0.5, 0.6) is 0 Å². The van der Waals surface area contributed by atoms with Gasteiger partial charge in [0.05, 0.1) is 4.21 Å². The first kappa shape index (κ1) is 22.6. The Morgan fingerprint density at radius 1 is 1.07 bits per heavy atom. The Labute approximate surface area is 188 Å². The Kier molecular flexibility index (Phi) is 7.77. The number of benzene rings is 1. The number of rotatable bonds is 2. The molecule has 0 amide bonds. The molecular formula is C22H22ClNO4S2. The molecule has 5 nitrogen and oxygen atoms in total. The van der Waals surface area contributed by atoms with E-state index in [1.165, 1.54) is 26.5 Å². The van der Waals surface area contributed by atoms with E-state index in [2.05, 4.69) is 35.5 Å². The van der Waals surface area contributed by atoms with Crippen molar-refractivity contribution < 1.29 is 19.8 Å². The molecule has 2 aliphatic heterocycles. The number of carboxylic acid groups (broad SMARTS) is 2. The van der Waals surface area contributed by atoms with E-state index < -0.39 is 11.9 Å². The number of fused-ring (bicyclic) bond motifs is 2. The number of hydrogen-bond acceptors (Lipinski definition) is 5. The fourth-order valence-electron chi connectivity index (χ4n) is 3.45. The van der Waals surface area contributed by atoms with E-state index in [0.29, 0.717) is 12.2 Å². The van der Waals surface area contributed by atoms with Crippen LogP contribution in [0.2, 0.25) is 5.02 Å². The highest BCUT2D eigenvalue weighted by molar-refractivity contribution is 8.00. The van der Waals surface area contributed by atoms with Crippen LogP contribution in [-0.2, 0) is 15.3 Å². The van der Waals surface area contributed by atoms with Gasteiger partial charge in [-0.15, -0.1) is 23.1 Å². The Morgan fingerprint density at radius 2 is 1.73 bits per heavy atom. The van der Waals surface area contributed by atoms with Crippen molar-refractivity contribution in [1.82, 2.24) is 4.90 Å². The van der Waals surface area contributed by atoms with E-state index >= 15 is 0 Å². The lowest BCUT2D eigenvalue weighted by molar-refractivity contribution is -0.134. The summed E-state index contributed by atoms with van der Waals surface area (Å²) >= 11 is 10.2. The van der Waals surface area contributed by atoms with E-state index in [0.717, 1.165) is 36.7 Å². The number of likely N-dealkylation sites (tertiary alicyclic amines) is 1. The molecule has 3 heterocycles. The van der Waals surface area contributed by atoms with Gasteiger partial charge in [0.25, 0.3) is 0 Å². The van der Waals surface area contributed by atoms with Crippen LogP contribution < -0.4 is 0 Å². The van der Waals surface area contributed by atoms with Gasteiger partial charge >= 0.3 is 11.9 Å². The average Bonchev–Trinajstić information content (AvgIpc) is 3.10. The summed E-state index contributed by atoms with van der Waals surface area (Å²) in [5, 5.41) is 18.7. The maximum atomic E-state index is 9.55. The molecule has 30 heavy (non-hydrogen) atoms. The second kappa shape index (κ2) is 10.3. The van der Waals surface area contributed by atoms with Crippen molar-refractivity contribution in [3.05, 3.63) is 69.1 Å². The summed E-state index contributed by atoms with van der Waals surface area (Å²) in [6.07, 6.45) is 3.44. The molecular weight excluding hydrogens is 442 g/mol. The minimum atomic E-state index is -1.26. The lowest BCUT2D eigenvalue weighted by atomic mass is 9.88. The van der Waals surface area contributed by atoms with Crippen LogP contribution in [-0.4, -0.2) is 47.2 Å². The zero-order valence-electron chi connectivity index (χ0n) is 16.4. The van der Waals surface area contributed by atoms with Gasteiger partial charge in [-0.1, -0.05) is 23.2 Å². The van der Waals surface area contributed by atoms with Crippen molar-refractivity contribution in [2.24, 2.45) is 0 Å². The first-order chi connectivity index (χ1) is 14.3. The van der Waals surface area contributed by atoms with Gasteiger partial charge in [-0.25, -0.2) is 9.59 Å². The third kappa shape index (κ3) is 5.76. The van der Waals surface area contributed by atoms with Crippen molar-refractivity contribution in [1.29, 1.82) is 0 Å². The fourth-order valence-corrected chi connectivity index (χ4v) is 5.73. The van der Waals surface area contributed by atoms with Gasteiger partial charge in [0.15, 0.2) is 0 Å². The number of nitrogens with zero attached hydrogens (tertiary/aromatic N) is 1. The minimum absolute atomic E-state index is 0.558. The maximum absolute atomic E-state index is 9.55. The minimum Gasteiger partial charge on any atom is -0.478 e. The number of carboxylic acids is 2. The highest BCUT2D eigenvalue weighted by atomic mass is 35.5. The summed E-state index contributed by atoms with van der Waals surface area (Å²) in [7, 11) is 2.21. The Bertz CT molecular complexity index is 986. The molecule has 4 rings (SSSR count). The highest BCUT2D eigenvalue weighted by Crippen LogP contribution is 2.46. The van der Waals surface area contributed by atoms with E-state index in [4.69, 9.17) is 21.8 Å². The van der Waals surface area contributed by atoms with Crippen LogP contribution in [0.25, 0.3) is 5.57 Å². The van der Waals surface area contributed by atoms with Crippen LogP contribution >= 0.6 is 34.7 Å². The summed E-state index contributed by atoms with van der Waals surface area (Å²) in [5.74, 6) is -1.48. The molecule has 0 aliphatic carbocycles. The monoisotopic (exact) mass is 463 g/mol. The fraction of sp³-hybridized carbons (Fsp3) is 0.273. The summed E-state index contributed by atoms with van der Waals surface area (Å²) in [6.45, 7) is 2.31. The van der Waals surface area contributed by atoms with Gasteiger partial charge in [0.2, 0.25) is 0 Å². The van der Waals surface area contributed by atoms with Gasteiger partial charge in [-0.2, -0.15) is 0 Å². The molecule has 0 spiro atoms. The number of hydrogen-bond donors (Lipinski definition) is 2. The Morgan fingerprint density at radius 3 is 2.37 bits per heavy atom. The molecule has 1 fully saturated rings. The molecule has 2 aromatic rings. The molecule has 2 N–H and O–H groups in total. The SMILES string of the molecule is CN1CCC(=C2c3cc(Cl)ccc3CSc3sccc32)CC1.O=C(O)/C=C\C(=O)O. The third-order valence-electron chi connectivity index (χ3n) is 4.91. The smallest absolute Gasteiger partial charge is 0.328 e. The molecule has 0 bridgehead atoms. The van der Waals surface area contributed by atoms with E-state index in [1.54, 1.807) is 5.57 Å². The topological polar surface area (TPSA) is 77.8 Å². The van der Waals surface area contributed by atoms with Gasteiger partial charge in [-0.3, -0.25) is 0 Å². The quantitative estimate of drug-likeness (QED) is 0.592. The molecule has 0 saturated carbocycles.